The van der Waals surface area contributed by atoms with E-state index in [-0.39, 0.29) is 4.90 Å². The number of halogens is 1. The summed E-state index contributed by atoms with van der Waals surface area (Å²) in [5.74, 6) is 0.121. The van der Waals surface area contributed by atoms with Crippen LogP contribution >= 0.6 is 11.6 Å². The Hall–Kier alpha value is -3.36. The topological polar surface area (TPSA) is 88.1 Å². The van der Waals surface area contributed by atoms with E-state index in [9.17, 15) is 13.2 Å². The molecule has 0 heterocycles. The third kappa shape index (κ3) is 5.66. The first-order valence-corrected chi connectivity index (χ1v) is 11.4. The number of anilines is 1. The van der Waals surface area contributed by atoms with E-state index in [4.69, 9.17) is 16.3 Å². The molecule has 0 unspecified atom stereocenters. The molecule has 9 heteroatoms. The lowest BCUT2D eigenvalue weighted by Crippen LogP contribution is -2.39. The number of methoxy groups -OCH3 is 1. The van der Waals surface area contributed by atoms with Gasteiger partial charge in [-0.25, -0.2) is 13.8 Å². The van der Waals surface area contributed by atoms with E-state index >= 15 is 0 Å². The highest BCUT2D eigenvalue weighted by Crippen LogP contribution is 2.24. The SMILES string of the molecule is COc1ccc(/C(C)=N\NC(=O)CN(c2ccccc2)S(=O)(=O)c2ccc(Cl)cc2)cc1. The molecule has 0 aliphatic rings. The van der Waals surface area contributed by atoms with Crippen molar-refractivity contribution in [2.75, 3.05) is 18.0 Å². The van der Waals surface area contributed by atoms with Gasteiger partial charge in [-0.3, -0.25) is 9.10 Å². The third-order valence-electron chi connectivity index (χ3n) is 4.59. The van der Waals surface area contributed by atoms with Gasteiger partial charge < -0.3 is 4.74 Å². The monoisotopic (exact) mass is 471 g/mol. The highest BCUT2D eigenvalue weighted by Gasteiger charge is 2.27. The number of benzene rings is 3. The lowest BCUT2D eigenvalue weighted by atomic mass is 10.1. The molecule has 3 aromatic rings. The molecule has 0 aliphatic carbocycles. The number of hydrogen-bond donors (Lipinski definition) is 1. The second-order valence-corrected chi connectivity index (χ2v) is 9.06. The number of rotatable bonds is 8. The fourth-order valence-corrected chi connectivity index (χ4v) is 4.40. The van der Waals surface area contributed by atoms with Crippen LogP contribution in [0.3, 0.4) is 0 Å². The van der Waals surface area contributed by atoms with Gasteiger partial charge in [-0.15, -0.1) is 0 Å². The molecule has 7 nitrogen and oxygen atoms in total. The van der Waals surface area contributed by atoms with E-state index < -0.39 is 22.5 Å². The summed E-state index contributed by atoms with van der Waals surface area (Å²) < 4.78 is 32.7. The molecule has 0 spiro atoms. The van der Waals surface area contributed by atoms with Crippen LogP contribution in [0.4, 0.5) is 5.69 Å². The zero-order chi connectivity index (χ0) is 23.1. The van der Waals surface area contributed by atoms with Gasteiger partial charge in [0.15, 0.2) is 0 Å². The minimum Gasteiger partial charge on any atom is -0.497 e. The van der Waals surface area contributed by atoms with Crippen LogP contribution in [-0.4, -0.2) is 33.7 Å². The van der Waals surface area contributed by atoms with Crippen LogP contribution in [-0.2, 0) is 14.8 Å². The molecule has 166 valence electrons. The number of carbonyl (C=O) groups is 1. The molecule has 0 saturated heterocycles. The molecular weight excluding hydrogens is 450 g/mol. The van der Waals surface area contributed by atoms with Crippen molar-refractivity contribution in [3.8, 4) is 5.75 Å². The Labute approximate surface area is 192 Å². The van der Waals surface area contributed by atoms with Gasteiger partial charge in [0, 0.05) is 5.02 Å². The third-order valence-corrected chi connectivity index (χ3v) is 6.63. The maximum absolute atomic E-state index is 13.3. The first kappa shape index (κ1) is 23.3. The van der Waals surface area contributed by atoms with Gasteiger partial charge in [-0.05, 0) is 73.2 Å². The maximum atomic E-state index is 13.3. The second-order valence-electron chi connectivity index (χ2n) is 6.76. The van der Waals surface area contributed by atoms with Crippen molar-refractivity contribution < 1.29 is 17.9 Å². The molecule has 0 aromatic heterocycles. The quantitative estimate of drug-likeness (QED) is 0.396. The lowest BCUT2D eigenvalue weighted by molar-refractivity contribution is -0.119. The number of nitrogens with zero attached hydrogens (tertiary/aromatic N) is 2. The highest BCUT2D eigenvalue weighted by atomic mass is 35.5. The first-order valence-electron chi connectivity index (χ1n) is 9.62. The maximum Gasteiger partial charge on any atom is 0.264 e. The summed E-state index contributed by atoms with van der Waals surface area (Å²) in [5, 5.41) is 4.51. The normalized spacial score (nSPS) is 11.7. The van der Waals surface area contributed by atoms with E-state index in [2.05, 4.69) is 10.5 Å². The summed E-state index contributed by atoms with van der Waals surface area (Å²) in [6, 6.07) is 21.4. The summed E-state index contributed by atoms with van der Waals surface area (Å²) in [4.78, 5) is 12.7. The Morgan fingerprint density at radius 2 is 1.62 bits per heavy atom. The number of amides is 1. The number of para-hydroxylation sites is 1. The molecule has 1 N–H and O–H groups in total. The zero-order valence-corrected chi connectivity index (χ0v) is 19.1. The van der Waals surface area contributed by atoms with Crippen molar-refractivity contribution in [1.29, 1.82) is 0 Å². The van der Waals surface area contributed by atoms with Gasteiger partial charge in [0.2, 0.25) is 0 Å². The van der Waals surface area contributed by atoms with Crippen molar-refractivity contribution in [2.45, 2.75) is 11.8 Å². The standard InChI is InChI=1S/C23H22ClN3O4S/c1-17(18-8-12-21(31-2)13-9-18)25-26-23(28)16-27(20-6-4-3-5-7-20)32(29,30)22-14-10-19(24)11-15-22/h3-15H,16H2,1-2H3,(H,26,28)/b25-17-. The summed E-state index contributed by atoms with van der Waals surface area (Å²) in [6.45, 7) is 1.29. The van der Waals surface area contributed by atoms with Crippen LogP contribution in [0.25, 0.3) is 0 Å². The molecular formula is C23H22ClN3O4S. The van der Waals surface area contributed by atoms with Crippen molar-refractivity contribution in [1.82, 2.24) is 5.43 Å². The van der Waals surface area contributed by atoms with E-state index in [0.717, 1.165) is 9.87 Å². The summed E-state index contributed by atoms with van der Waals surface area (Å²) >= 11 is 5.89. The molecule has 3 aromatic carbocycles. The average molecular weight is 472 g/mol. The van der Waals surface area contributed by atoms with E-state index in [1.54, 1.807) is 56.5 Å². The smallest absolute Gasteiger partial charge is 0.264 e. The molecule has 3 rings (SSSR count). The predicted octanol–water partition coefficient (Wildman–Crippen LogP) is 4.08. The summed E-state index contributed by atoms with van der Waals surface area (Å²) in [5.41, 5.74) is 4.14. The Bertz CT molecular complexity index is 1200. The van der Waals surface area contributed by atoms with Crippen molar-refractivity contribution >= 4 is 38.9 Å². The number of hydrogen-bond acceptors (Lipinski definition) is 5. The fraction of sp³-hybridized carbons (Fsp3) is 0.130. The van der Waals surface area contributed by atoms with Crippen molar-refractivity contribution in [3.05, 3.63) is 89.4 Å². The van der Waals surface area contributed by atoms with Gasteiger partial charge in [0.1, 0.15) is 12.3 Å². The van der Waals surface area contributed by atoms with Crippen LogP contribution in [0.2, 0.25) is 5.02 Å². The van der Waals surface area contributed by atoms with Crippen molar-refractivity contribution in [3.63, 3.8) is 0 Å². The molecule has 0 radical (unpaired) electrons. The van der Waals surface area contributed by atoms with Crippen LogP contribution in [0.5, 0.6) is 5.75 Å². The highest BCUT2D eigenvalue weighted by molar-refractivity contribution is 7.92. The lowest BCUT2D eigenvalue weighted by Gasteiger charge is -2.23. The fourth-order valence-electron chi connectivity index (χ4n) is 2.85. The average Bonchev–Trinajstić information content (AvgIpc) is 2.81. The van der Waals surface area contributed by atoms with Gasteiger partial charge in [0.25, 0.3) is 15.9 Å². The number of carbonyl (C=O) groups excluding carboxylic acids is 1. The molecule has 0 atom stereocenters. The molecule has 32 heavy (non-hydrogen) atoms. The molecule has 1 amide bonds. The second kappa shape index (κ2) is 10.3. The number of hydrazone groups is 1. The Kier molecular flexibility index (Phi) is 7.50. The van der Waals surface area contributed by atoms with E-state index in [1.165, 1.54) is 24.3 Å². The molecule has 0 fully saturated rings. The molecule has 0 aliphatic heterocycles. The molecule has 0 saturated carbocycles. The van der Waals surface area contributed by atoms with Crippen LogP contribution in [0, 0.1) is 0 Å². The zero-order valence-electron chi connectivity index (χ0n) is 17.5. The number of sulfonamides is 1. The van der Waals surface area contributed by atoms with Crippen LogP contribution in [0.1, 0.15) is 12.5 Å². The van der Waals surface area contributed by atoms with E-state index in [0.29, 0.717) is 22.2 Å². The molecule has 0 bridgehead atoms. The Balaban J connectivity index is 1.81. The Morgan fingerprint density at radius 1 is 1.00 bits per heavy atom. The largest absolute Gasteiger partial charge is 0.497 e. The minimum atomic E-state index is -4.01. The summed E-state index contributed by atoms with van der Waals surface area (Å²) in [7, 11) is -2.44. The van der Waals surface area contributed by atoms with Crippen LogP contribution < -0.4 is 14.5 Å². The minimum absolute atomic E-state index is 0.0245. The first-order chi connectivity index (χ1) is 15.3. The van der Waals surface area contributed by atoms with Gasteiger partial charge in [-0.2, -0.15) is 5.10 Å². The number of ether oxygens (including phenoxy) is 1. The van der Waals surface area contributed by atoms with Crippen molar-refractivity contribution in [2.24, 2.45) is 5.10 Å². The van der Waals surface area contributed by atoms with Crippen LogP contribution in [0.15, 0.2) is 88.9 Å². The number of nitrogens with one attached hydrogen (secondary N) is 1. The summed E-state index contributed by atoms with van der Waals surface area (Å²) in [6.07, 6.45) is 0. The van der Waals surface area contributed by atoms with Gasteiger partial charge >= 0.3 is 0 Å². The predicted molar refractivity (Wildman–Crippen MR) is 126 cm³/mol. The Morgan fingerprint density at radius 3 is 2.22 bits per heavy atom. The van der Waals surface area contributed by atoms with Gasteiger partial charge in [-0.1, -0.05) is 29.8 Å². The van der Waals surface area contributed by atoms with Gasteiger partial charge in [0.05, 0.1) is 23.4 Å². The van der Waals surface area contributed by atoms with E-state index in [1.807, 2.05) is 12.1 Å².